The summed E-state index contributed by atoms with van der Waals surface area (Å²) in [5.41, 5.74) is 0.159. The van der Waals surface area contributed by atoms with Gasteiger partial charge in [-0.05, 0) is 53.4 Å². The second-order valence-corrected chi connectivity index (χ2v) is 6.95. The summed E-state index contributed by atoms with van der Waals surface area (Å²) in [5, 5.41) is 10.2. The van der Waals surface area contributed by atoms with E-state index in [9.17, 15) is 0 Å². The highest BCUT2D eigenvalue weighted by Gasteiger charge is 2.08. The van der Waals surface area contributed by atoms with Crippen molar-refractivity contribution in [3.63, 3.8) is 0 Å². The molecule has 0 heterocycles. The Morgan fingerprint density at radius 3 is 2.19 bits per heavy atom. The zero-order valence-electron chi connectivity index (χ0n) is 15.0. The molecular weight excluding hydrogens is 375 g/mol. The smallest absolute Gasteiger partial charge is 0.191 e. The number of rotatable bonds is 8. The van der Waals surface area contributed by atoms with Gasteiger partial charge in [-0.15, -0.1) is 24.0 Å². The largest absolute Gasteiger partial charge is 0.357 e. The molecule has 0 aromatic rings. The Balaban J connectivity index is 0. The summed E-state index contributed by atoms with van der Waals surface area (Å²) in [6.07, 6.45) is 2.43. The molecule has 4 nitrogen and oxygen atoms in total. The van der Waals surface area contributed by atoms with Crippen molar-refractivity contribution in [2.24, 2.45) is 10.9 Å². The van der Waals surface area contributed by atoms with Gasteiger partial charge >= 0.3 is 0 Å². The molecule has 21 heavy (non-hydrogen) atoms. The SMILES string of the molecule is CCNC(=NCCNC(C)(C)C)NC(C)CCC(C)C.I. The molecule has 0 aliphatic rings. The van der Waals surface area contributed by atoms with Crippen LogP contribution in [0.5, 0.6) is 0 Å². The third kappa shape index (κ3) is 16.2. The lowest BCUT2D eigenvalue weighted by atomic mass is 10.0. The van der Waals surface area contributed by atoms with Gasteiger partial charge in [0, 0.05) is 24.7 Å². The van der Waals surface area contributed by atoms with Crippen LogP contribution in [0.3, 0.4) is 0 Å². The molecule has 0 aromatic heterocycles. The highest BCUT2D eigenvalue weighted by molar-refractivity contribution is 14.0. The van der Waals surface area contributed by atoms with E-state index in [1.54, 1.807) is 0 Å². The van der Waals surface area contributed by atoms with E-state index < -0.39 is 0 Å². The van der Waals surface area contributed by atoms with Gasteiger partial charge in [-0.2, -0.15) is 0 Å². The molecule has 0 spiro atoms. The fourth-order valence-corrected chi connectivity index (χ4v) is 1.81. The maximum atomic E-state index is 4.62. The van der Waals surface area contributed by atoms with Gasteiger partial charge in [0.25, 0.3) is 0 Å². The number of aliphatic imine (C=N–C) groups is 1. The molecule has 5 heteroatoms. The molecule has 0 fully saturated rings. The molecule has 1 unspecified atom stereocenters. The van der Waals surface area contributed by atoms with Crippen LogP contribution in [0, 0.1) is 5.92 Å². The number of hydrogen-bond acceptors (Lipinski definition) is 2. The first-order chi connectivity index (χ1) is 9.24. The van der Waals surface area contributed by atoms with Crippen LogP contribution in [0.1, 0.15) is 61.3 Å². The fourth-order valence-electron chi connectivity index (χ4n) is 1.81. The molecule has 0 amide bonds. The number of nitrogens with one attached hydrogen (secondary N) is 3. The maximum Gasteiger partial charge on any atom is 0.191 e. The minimum atomic E-state index is 0. The molecule has 0 aliphatic carbocycles. The predicted molar refractivity (Wildman–Crippen MR) is 106 cm³/mol. The lowest BCUT2D eigenvalue weighted by molar-refractivity contribution is 0.432. The molecule has 0 bridgehead atoms. The third-order valence-electron chi connectivity index (χ3n) is 2.94. The number of guanidine groups is 1. The van der Waals surface area contributed by atoms with Gasteiger partial charge in [-0.1, -0.05) is 13.8 Å². The van der Waals surface area contributed by atoms with Crippen LogP contribution in [0.15, 0.2) is 4.99 Å². The van der Waals surface area contributed by atoms with Gasteiger partial charge in [0.15, 0.2) is 5.96 Å². The van der Waals surface area contributed by atoms with Crippen molar-refractivity contribution in [2.75, 3.05) is 19.6 Å². The first kappa shape index (κ1) is 23.2. The van der Waals surface area contributed by atoms with Crippen molar-refractivity contribution in [1.29, 1.82) is 0 Å². The first-order valence-electron chi connectivity index (χ1n) is 8.04. The van der Waals surface area contributed by atoms with Crippen LogP contribution in [0.2, 0.25) is 0 Å². The molecule has 3 N–H and O–H groups in total. The van der Waals surface area contributed by atoms with E-state index in [1.165, 1.54) is 12.8 Å². The summed E-state index contributed by atoms with van der Waals surface area (Å²) in [7, 11) is 0. The van der Waals surface area contributed by atoms with Crippen LogP contribution in [-0.4, -0.2) is 37.2 Å². The van der Waals surface area contributed by atoms with E-state index in [2.05, 4.69) is 69.4 Å². The maximum absolute atomic E-state index is 4.62. The van der Waals surface area contributed by atoms with Crippen molar-refractivity contribution in [1.82, 2.24) is 16.0 Å². The molecule has 0 rings (SSSR count). The van der Waals surface area contributed by atoms with Crippen LogP contribution >= 0.6 is 24.0 Å². The summed E-state index contributed by atoms with van der Waals surface area (Å²) >= 11 is 0. The molecule has 128 valence electrons. The number of halogens is 1. The van der Waals surface area contributed by atoms with Gasteiger partial charge in [-0.25, -0.2) is 0 Å². The topological polar surface area (TPSA) is 48.5 Å². The molecular formula is C16H37IN4. The number of hydrogen-bond donors (Lipinski definition) is 3. The van der Waals surface area contributed by atoms with E-state index in [0.29, 0.717) is 6.04 Å². The second-order valence-electron chi connectivity index (χ2n) is 6.95. The van der Waals surface area contributed by atoms with Crippen LogP contribution in [0.4, 0.5) is 0 Å². The Bertz CT molecular complexity index is 272. The average molecular weight is 412 g/mol. The van der Waals surface area contributed by atoms with Crippen molar-refractivity contribution in [2.45, 2.75) is 72.9 Å². The predicted octanol–water partition coefficient (Wildman–Crippen LogP) is 3.37. The van der Waals surface area contributed by atoms with Crippen molar-refractivity contribution in [3.8, 4) is 0 Å². The molecule has 0 aromatic carbocycles. The van der Waals surface area contributed by atoms with Crippen molar-refractivity contribution >= 4 is 29.9 Å². The van der Waals surface area contributed by atoms with Gasteiger partial charge < -0.3 is 16.0 Å². The van der Waals surface area contributed by atoms with Crippen LogP contribution in [-0.2, 0) is 0 Å². The minimum absolute atomic E-state index is 0. The summed E-state index contributed by atoms with van der Waals surface area (Å²) in [6.45, 7) is 18.0. The lowest BCUT2D eigenvalue weighted by Gasteiger charge is -2.21. The van der Waals surface area contributed by atoms with E-state index >= 15 is 0 Å². The standard InChI is InChI=1S/C16H36N4.HI/c1-8-17-15(18-11-12-19-16(5,6)7)20-14(4)10-9-13(2)3;/h13-14,19H,8-12H2,1-7H3,(H2,17,18,20);1H. The molecule has 0 radical (unpaired) electrons. The van der Waals surface area contributed by atoms with Crippen molar-refractivity contribution in [3.05, 3.63) is 0 Å². The first-order valence-corrected chi connectivity index (χ1v) is 8.04. The lowest BCUT2D eigenvalue weighted by Crippen LogP contribution is -2.43. The highest BCUT2D eigenvalue weighted by Crippen LogP contribution is 2.06. The van der Waals surface area contributed by atoms with Crippen LogP contribution in [0.25, 0.3) is 0 Å². The second kappa shape index (κ2) is 12.5. The zero-order chi connectivity index (χ0) is 15.6. The molecule has 0 saturated carbocycles. The summed E-state index contributed by atoms with van der Waals surface area (Å²) in [5.74, 6) is 1.69. The quantitative estimate of drug-likeness (QED) is 0.248. The fraction of sp³-hybridized carbons (Fsp3) is 0.938. The van der Waals surface area contributed by atoms with Gasteiger partial charge in [0.1, 0.15) is 0 Å². The summed E-state index contributed by atoms with van der Waals surface area (Å²) < 4.78 is 0. The van der Waals surface area contributed by atoms with Gasteiger partial charge in [0.05, 0.1) is 6.54 Å². The Morgan fingerprint density at radius 2 is 1.71 bits per heavy atom. The van der Waals surface area contributed by atoms with Gasteiger partial charge in [-0.3, -0.25) is 4.99 Å². The Morgan fingerprint density at radius 1 is 1.10 bits per heavy atom. The molecule has 1 atom stereocenters. The van der Waals surface area contributed by atoms with E-state index in [0.717, 1.165) is 31.5 Å². The van der Waals surface area contributed by atoms with E-state index in [1.807, 2.05) is 0 Å². The average Bonchev–Trinajstić information content (AvgIpc) is 2.31. The van der Waals surface area contributed by atoms with Gasteiger partial charge in [0.2, 0.25) is 0 Å². The van der Waals surface area contributed by atoms with Crippen LogP contribution < -0.4 is 16.0 Å². The van der Waals surface area contributed by atoms with E-state index in [-0.39, 0.29) is 29.5 Å². The Kier molecular flexibility index (Phi) is 13.8. The summed E-state index contributed by atoms with van der Waals surface area (Å²) in [4.78, 5) is 4.62. The Labute approximate surface area is 149 Å². The Hall–Kier alpha value is -0.0400. The normalized spacial score (nSPS) is 13.8. The monoisotopic (exact) mass is 412 g/mol. The molecule has 0 aliphatic heterocycles. The zero-order valence-corrected chi connectivity index (χ0v) is 17.4. The van der Waals surface area contributed by atoms with Crippen molar-refractivity contribution < 1.29 is 0 Å². The highest BCUT2D eigenvalue weighted by atomic mass is 127. The summed E-state index contributed by atoms with van der Waals surface area (Å²) in [6, 6.07) is 0.464. The molecule has 0 saturated heterocycles. The minimum Gasteiger partial charge on any atom is -0.357 e. The van der Waals surface area contributed by atoms with E-state index in [4.69, 9.17) is 0 Å². The number of nitrogens with zero attached hydrogens (tertiary/aromatic N) is 1. The third-order valence-corrected chi connectivity index (χ3v) is 2.94.